The lowest BCUT2D eigenvalue weighted by Crippen LogP contribution is -2.19. The molecule has 0 spiro atoms. The second-order valence-corrected chi connectivity index (χ2v) is 6.39. The molecule has 0 aliphatic heterocycles. The molecule has 0 fully saturated rings. The number of ether oxygens (including phenoxy) is 1. The van der Waals surface area contributed by atoms with E-state index in [2.05, 4.69) is 10.5 Å². The van der Waals surface area contributed by atoms with Crippen molar-refractivity contribution in [2.75, 3.05) is 0 Å². The quantitative estimate of drug-likeness (QED) is 0.475. The molecule has 1 N–H and O–H groups in total. The lowest BCUT2D eigenvalue weighted by molar-refractivity contribution is 0.0951. The molecule has 0 aromatic heterocycles. The Labute approximate surface area is 172 Å². The predicted molar refractivity (Wildman–Crippen MR) is 108 cm³/mol. The van der Waals surface area contributed by atoms with Crippen LogP contribution in [0.4, 0.5) is 4.39 Å². The van der Waals surface area contributed by atoms with Crippen LogP contribution < -0.4 is 10.2 Å². The molecule has 144 valence electrons. The molecule has 0 saturated carbocycles. The summed E-state index contributed by atoms with van der Waals surface area (Å²) in [6.45, 7) is 0.338. The minimum absolute atomic E-state index is 0.134. The first-order chi connectivity index (χ1) is 14.1. The number of hydrazone groups is 1. The molecule has 0 atom stereocenters. The molecule has 5 nitrogen and oxygen atoms in total. The van der Waals surface area contributed by atoms with Gasteiger partial charge in [0.1, 0.15) is 18.2 Å². The van der Waals surface area contributed by atoms with Gasteiger partial charge in [-0.25, -0.2) is 9.82 Å². The molecule has 0 aliphatic carbocycles. The van der Waals surface area contributed by atoms with E-state index in [4.69, 9.17) is 21.6 Å². The first kappa shape index (κ1) is 20.1. The standard InChI is InChI=1S/C22H15ClFN3O2/c23-18-8-5-15(6-9-18)14-29-21-4-2-1-3-17(21)13-26-27-22(28)19-10-7-16(12-25)11-20(19)24/h1-11,13H,14H2,(H,27,28)/b26-13-. The number of nitrogens with zero attached hydrogens (tertiary/aromatic N) is 2. The van der Waals surface area contributed by atoms with Crippen molar-refractivity contribution in [1.29, 1.82) is 5.26 Å². The first-order valence-electron chi connectivity index (χ1n) is 8.56. The predicted octanol–water partition coefficient (Wildman–Crippen LogP) is 4.69. The summed E-state index contributed by atoms with van der Waals surface area (Å²) in [5, 5.41) is 13.3. The number of nitriles is 1. The molecular formula is C22H15ClFN3O2. The third kappa shape index (κ3) is 5.41. The van der Waals surface area contributed by atoms with Gasteiger partial charge < -0.3 is 4.74 Å². The van der Waals surface area contributed by atoms with Gasteiger partial charge in [-0.05, 0) is 48.0 Å². The summed E-state index contributed by atoms with van der Waals surface area (Å²) in [5.41, 5.74) is 3.79. The number of amides is 1. The van der Waals surface area contributed by atoms with E-state index >= 15 is 0 Å². The number of rotatable bonds is 6. The van der Waals surface area contributed by atoms with E-state index in [0.29, 0.717) is 22.9 Å². The highest BCUT2D eigenvalue weighted by Crippen LogP contribution is 2.18. The maximum Gasteiger partial charge on any atom is 0.274 e. The topological polar surface area (TPSA) is 74.5 Å². The Morgan fingerprint density at radius 2 is 1.93 bits per heavy atom. The van der Waals surface area contributed by atoms with Crippen LogP contribution in [0.1, 0.15) is 27.0 Å². The van der Waals surface area contributed by atoms with E-state index in [0.717, 1.165) is 11.6 Å². The van der Waals surface area contributed by atoms with Crippen LogP contribution in [0.3, 0.4) is 0 Å². The SMILES string of the molecule is N#Cc1ccc(C(=O)N/N=C\c2ccccc2OCc2ccc(Cl)cc2)c(F)c1. The highest BCUT2D eigenvalue weighted by Gasteiger charge is 2.11. The summed E-state index contributed by atoms with van der Waals surface area (Å²) in [6, 6.07) is 19.9. The van der Waals surface area contributed by atoms with Crippen LogP contribution in [0.25, 0.3) is 0 Å². The third-order valence-electron chi connectivity index (χ3n) is 3.94. The van der Waals surface area contributed by atoms with Crippen LogP contribution in [-0.4, -0.2) is 12.1 Å². The van der Waals surface area contributed by atoms with Crippen LogP contribution in [0.15, 0.2) is 71.8 Å². The summed E-state index contributed by atoms with van der Waals surface area (Å²) in [5.74, 6) is -0.934. The maximum absolute atomic E-state index is 13.9. The number of nitrogens with one attached hydrogen (secondary N) is 1. The number of benzene rings is 3. The molecule has 1 amide bonds. The third-order valence-corrected chi connectivity index (χ3v) is 4.19. The van der Waals surface area contributed by atoms with Crippen LogP contribution >= 0.6 is 11.6 Å². The van der Waals surface area contributed by atoms with E-state index in [1.54, 1.807) is 30.3 Å². The first-order valence-corrected chi connectivity index (χ1v) is 8.94. The smallest absolute Gasteiger partial charge is 0.274 e. The lowest BCUT2D eigenvalue weighted by Gasteiger charge is -2.09. The van der Waals surface area contributed by atoms with Gasteiger partial charge in [0.05, 0.1) is 23.4 Å². The fourth-order valence-corrected chi connectivity index (χ4v) is 2.58. The van der Waals surface area contributed by atoms with Gasteiger partial charge in [-0.2, -0.15) is 10.4 Å². The summed E-state index contributed by atoms with van der Waals surface area (Å²) in [4.78, 5) is 12.1. The van der Waals surface area contributed by atoms with Crippen molar-refractivity contribution in [1.82, 2.24) is 5.43 Å². The molecule has 0 bridgehead atoms. The zero-order chi connectivity index (χ0) is 20.6. The molecule has 3 aromatic carbocycles. The molecule has 0 aliphatic rings. The monoisotopic (exact) mass is 407 g/mol. The Bertz CT molecular complexity index is 1090. The molecule has 0 saturated heterocycles. The second kappa shape index (κ2) is 9.49. The van der Waals surface area contributed by atoms with Gasteiger partial charge in [0, 0.05) is 10.6 Å². The van der Waals surface area contributed by atoms with Crippen LogP contribution in [-0.2, 0) is 6.61 Å². The molecule has 0 radical (unpaired) electrons. The van der Waals surface area contributed by atoms with Gasteiger partial charge in [0.25, 0.3) is 5.91 Å². The summed E-state index contributed by atoms with van der Waals surface area (Å²) in [7, 11) is 0. The normalized spacial score (nSPS) is 10.5. The summed E-state index contributed by atoms with van der Waals surface area (Å²) >= 11 is 5.88. The van der Waals surface area contributed by atoms with E-state index in [1.165, 1.54) is 18.3 Å². The number of hydrogen-bond acceptors (Lipinski definition) is 4. The Morgan fingerprint density at radius 1 is 1.17 bits per heavy atom. The van der Waals surface area contributed by atoms with Gasteiger partial charge in [-0.1, -0.05) is 35.9 Å². The average Bonchev–Trinajstić information content (AvgIpc) is 2.74. The van der Waals surface area contributed by atoms with Gasteiger partial charge >= 0.3 is 0 Å². The zero-order valence-corrected chi connectivity index (χ0v) is 15.9. The Kier molecular flexibility index (Phi) is 6.56. The highest BCUT2D eigenvalue weighted by molar-refractivity contribution is 6.30. The fourth-order valence-electron chi connectivity index (χ4n) is 2.45. The van der Waals surface area contributed by atoms with Crippen LogP contribution in [0.2, 0.25) is 5.02 Å². The van der Waals surface area contributed by atoms with E-state index in [-0.39, 0.29) is 11.1 Å². The van der Waals surface area contributed by atoms with Crippen molar-refractivity contribution in [3.8, 4) is 11.8 Å². The summed E-state index contributed by atoms with van der Waals surface area (Å²) < 4.78 is 19.7. The van der Waals surface area contributed by atoms with Crippen molar-refractivity contribution < 1.29 is 13.9 Å². The lowest BCUT2D eigenvalue weighted by atomic mass is 10.1. The van der Waals surface area contributed by atoms with Crippen molar-refractivity contribution in [2.24, 2.45) is 5.10 Å². The minimum Gasteiger partial charge on any atom is -0.488 e. The number of para-hydroxylation sites is 1. The Morgan fingerprint density at radius 3 is 2.66 bits per heavy atom. The average molecular weight is 408 g/mol. The minimum atomic E-state index is -0.788. The van der Waals surface area contributed by atoms with Crippen molar-refractivity contribution in [3.63, 3.8) is 0 Å². The largest absolute Gasteiger partial charge is 0.488 e. The summed E-state index contributed by atoms with van der Waals surface area (Å²) in [6.07, 6.45) is 1.41. The molecule has 3 aromatic rings. The second-order valence-electron chi connectivity index (χ2n) is 5.96. The van der Waals surface area contributed by atoms with Gasteiger partial charge in [-0.15, -0.1) is 0 Å². The number of hydrogen-bond donors (Lipinski definition) is 1. The Balaban J connectivity index is 1.65. The molecule has 0 heterocycles. The molecule has 3 rings (SSSR count). The number of carbonyl (C=O) groups excluding carboxylic acids is 1. The van der Waals surface area contributed by atoms with Crippen molar-refractivity contribution in [2.45, 2.75) is 6.61 Å². The zero-order valence-electron chi connectivity index (χ0n) is 15.1. The highest BCUT2D eigenvalue weighted by atomic mass is 35.5. The molecule has 0 unspecified atom stereocenters. The fraction of sp³-hybridized carbons (Fsp3) is 0.0455. The Hall–Kier alpha value is -3.69. The van der Waals surface area contributed by atoms with E-state index < -0.39 is 11.7 Å². The number of halogens is 2. The van der Waals surface area contributed by atoms with Crippen LogP contribution in [0, 0.1) is 17.1 Å². The molecule has 7 heteroatoms. The number of carbonyl (C=O) groups is 1. The van der Waals surface area contributed by atoms with Crippen molar-refractivity contribution in [3.05, 3.63) is 99.8 Å². The molecular weight excluding hydrogens is 393 g/mol. The van der Waals surface area contributed by atoms with Crippen LogP contribution in [0.5, 0.6) is 5.75 Å². The van der Waals surface area contributed by atoms with Gasteiger partial charge in [0.2, 0.25) is 0 Å². The maximum atomic E-state index is 13.9. The molecule has 29 heavy (non-hydrogen) atoms. The van der Waals surface area contributed by atoms with E-state index in [9.17, 15) is 9.18 Å². The van der Waals surface area contributed by atoms with Gasteiger partial charge in [0.15, 0.2) is 0 Å². The van der Waals surface area contributed by atoms with Gasteiger partial charge in [-0.3, -0.25) is 4.79 Å². The van der Waals surface area contributed by atoms with E-state index in [1.807, 2.05) is 24.3 Å². The van der Waals surface area contributed by atoms with Crippen molar-refractivity contribution >= 4 is 23.7 Å².